The Hall–Kier alpha value is -2.06. The molecule has 1 aromatic carbocycles. The van der Waals surface area contributed by atoms with Gasteiger partial charge in [-0.1, -0.05) is 12.6 Å². The van der Waals surface area contributed by atoms with E-state index in [1.54, 1.807) is 12.1 Å². The minimum atomic E-state index is -3.38. The number of nitrogens with zero attached hydrogens (tertiary/aromatic N) is 2. The largest absolute Gasteiger partial charge is 0.486 e. The zero-order valence-electron chi connectivity index (χ0n) is 13.9. The molecule has 0 spiro atoms. The third-order valence-corrected chi connectivity index (χ3v) is 5.45. The summed E-state index contributed by atoms with van der Waals surface area (Å²) in [7, 11) is -0.445. The maximum atomic E-state index is 12.0. The zero-order valence-corrected chi connectivity index (χ0v) is 14.7. The maximum absolute atomic E-state index is 12.0. The molecule has 1 aliphatic heterocycles. The average Bonchev–Trinajstić information content (AvgIpc) is 2.57. The number of carbonyl (C=O) groups excluding carboxylic acids is 1. The summed E-state index contributed by atoms with van der Waals surface area (Å²) in [6.45, 7) is 4.82. The number of hydrogen-bond acceptors (Lipinski definition) is 5. The lowest BCUT2D eigenvalue weighted by Crippen LogP contribution is -2.36. The number of benzene rings is 1. The van der Waals surface area contributed by atoms with Gasteiger partial charge in [-0.3, -0.25) is 4.79 Å². The van der Waals surface area contributed by atoms with Crippen molar-refractivity contribution in [3.8, 4) is 11.5 Å². The summed E-state index contributed by atoms with van der Waals surface area (Å²) in [6, 6.07) is 5.42. The molecule has 0 atom stereocenters. The SMILES string of the molecule is C=CC(=O)N(CCS(=O)(=O)N(C)C)Cc1ccc2c(c1)OCCO2. The van der Waals surface area contributed by atoms with E-state index in [9.17, 15) is 13.2 Å². The molecule has 0 bridgehead atoms. The van der Waals surface area contributed by atoms with Gasteiger partial charge >= 0.3 is 0 Å². The number of sulfonamides is 1. The lowest BCUT2D eigenvalue weighted by atomic mass is 10.1. The number of hydrogen-bond donors (Lipinski definition) is 0. The minimum absolute atomic E-state index is 0.0831. The summed E-state index contributed by atoms with van der Waals surface area (Å²) in [5, 5.41) is 0. The van der Waals surface area contributed by atoms with Crippen LogP contribution in [0.15, 0.2) is 30.9 Å². The van der Waals surface area contributed by atoms with Gasteiger partial charge in [0.2, 0.25) is 15.9 Å². The van der Waals surface area contributed by atoms with Gasteiger partial charge in [0.25, 0.3) is 0 Å². The first-order valence-electron chi connectivity index (χ1n) is 7.53. The van der Waals surface area contributed by atoms with Gasteiger partial charge in [0, 0.05) is 27.2 Å². The molecular formula is C16H22N2O5S. The van der Waals surface area contributed by atoms with Gasteiger partial charge in [0.15, 0.2) is 11.5 Å². The van der Waals surface area contributed by atoms with Crippen molar-refractivity contribution < 1.29 is 22.7 Å². The molecule has 0 fully saturated rings. The van der Waals surface area contributed by atoms with Crippen LogP contribution in [0, 0.1) is 0 Å². The summed E-state index contributed by atoms with van der Waals surface area (Å²) in [4.78, 5) is 13.5. The monoisotopic (exact) mass is 354 g/mol. The normalized spacial score (nSPS) is 13.6. The van der Waals surface area contributed by atoms with Crippen LogP contribution < -0.4 is 9.47 Å². The molecule has 0 N–H and O–H groups in total. The van der Waals surface area contributed by atoms with Gasteiger partial charge < -0.3 is 14.4 Å². The second kappa shape index (κ2) is 7.67. The van der Waals surface area contributed by atoms with Crippen molar-refractivity contribution >= 4 is 15.9 Å². The van der Waals surface area contributed by atoms with Crippen molar-refractivity contribution in [1.29, 1.82) is 0 Å². The van der Waals surface area contributed by atoms with E-state index in [1.165, 1.54) is 25.1 Å². The van der Waals surface area contributed by atoms with Crippen LogP contribution in [0.2, 0.25) is 0 Å². The van der Waals surface area contributed by atoms with E-state index in [0.717, 1.165) is 9.87 Å². The molecule has 1 aliphatic rings. The minimum Gasteiger partial charge on any atom is -0.486 e. The summed E-state index contributed by atoms with van der Waals surface area (Å²) < 4.78 is 36.0. The first-order valence-corrected chi connectivity index (χ1v) is 9.14. The van der Waals surface area contributed by atoms with Crippen LogP contribution in [0.3, 0.4) is 0 Å². The van der Waals surface area contributed by atoms with Gasteiger partial charge in [-0.15, -0.1) is 0 Å². The van der Waals surface area contributed by atoms with Crippen LogP contribution in [0.4, 0.5) is 0 Å². The summed E-state index contributed by atoms with van der Waals surface area (Å²) >= 11 is 0. The van der Waals surface area contributed by atoms with Crippen LogP contribution in [0.25, 0.3) is 0 Å². The van der Waals surface area contributed by atoms with Crippen molar-refractivity contribution in [2.24, 2.45) is 0 Å². The Labute approximate surface area is 142 Å². The van der Waals surface area contributed by atoms with E-state index in [-0.39, 0.29) is 24.7 Å². The maximum Gasteiger partial charge on any atom is 0.246 e. The number of amides is 1. The molecule has 8 heteroatoms. The lowest BCUT2D eigenvalue weighted by Gasteiger charge is -2.24. The number of ether oxygens (including phenoxy) is 2. The summed E-state index contributed by atoms with van der Waals surface area (Å²) in [6.07, 6.45) is 1.18. The van der Waals surface area contributed by atoms with Crippen LogP contribution in [0.1, 0.15) is 5.56 Å². The lowest BCUT2D eigenvalue weighted by molar-refractivity contribution is -0.126. The van der Waals surface area contributed by atoms with E-state index < -0.39 is 10.0 Å². The Morgan fingerprint density at radius 2 is 1.92 bits per heavy atom. The number of fused-ring (bicyclic) bond motifs is 1. The molecule has 24 heavy (non-hydrogen) atoms. The Bertz CT molecular complexity index is 715. The highest BCUT2D eigenvalue weighted by molar-refractivity contribution is 7.89. The van der Waals surface area contributed by atoms with Gasteiger partial charge in [-0.2, -0.15) is 0 Å². The molecule has 0 saturated carbocycles. The Morgan fingerprint density at radius 1 is 1.25 bits per heavy atom. The second-order valence-corrected chi connectivity index (χ2v) is 7.84. The van der Waals surface area contributed by atoms with Crippen LogP contribution in [-0.4, -0.2) is 63.1 Å². The van der Waals surface area contributed by atoms with E-state index in [1.807, 2.05) is 6.07 Å². The van der Waals surface area contributed by atoms with E-state index in [4.69, 9.17) is 9.47 Å². The molecule has 0 aliphatic carbocycles. The van der Waals surface area contributed by atoms with Gasteiger partial charge in [-0.05, 0) is 23.8 Å². The molecule has 7 nitrogen and oxygen atoms in total. The van der Waals surface area contributed by atoms with Crippen LogP contribution in [0.5, 0.6) is 11.5 Å². The van der Waals surface area contributed by atoms with E-state index in [2.05, 4.69) is 6.58 Å². The Kier molecular flexibility index (Phi) is 5.84. The molecule has 0 unspecified atom stereocenters. The summed E-state index contributed by atoms with van der Waals surface area (Å²) in [5.41, 5.74) is 0.830. The molecule has 0 saturated heterocycles. The second-order valence-electron chi connectivity index (χ2n) is 5.54. The van der Waals surface area contributed by atoms with Gasteiger partial charge in [0.1, 0.15) is 13.2 Å². The van der Waals surface area contributed by atoms with Crippen molar-refractivity contribution in [3.63, 3.8) is 0 Å². The molecule has 0 radical (unpaired) electrons. The Morgan fingerprint density at radius 3 is 2.54 bits per heavy atom. The standard InChI is InChI=1S/C16H22N2O5S/c1-4-16(19)18(7-10-24(20,21)17(2)3)12-13-5-6-14-15(11-13)23-9-8-22-14/h4-6,11H,1,7-10,12H2,2-3H3. The molecule has 1 heterocycles. The zero-order chi connectivity index (χ0) is 17.7. The smallest absolute Gasteiger partial charge is 0.246 e. The topological polar surface area (TPSA) is 76.2 Å². The molecule has 132 valence electrons. The van der Waals surface area contributed by atoms with Crippen molar-refractivity contribution in [1.82, 2.24) is 9.21 Å². The highest BCUT2D eigenvalue weighted by atomic mass is 32.2. The first kappa shape index (κ1) is 18.3. The molecule has 1 amide bonds. The molecule has 1 aromatic rings. The molecular weight excluding hydrogens is 332 g/mol. The van der Waals surface area contributed by atoms with Crippen molar-refractivity contribution in [2.75, 3.05) is 39.6 Å². The quantitative estimate of drug-likeness (QED) is 0.679. The molecule has 2 rings (SSSR count). The number of carbonyl (C=O) groups is 1. The fraction of sp³-hybridized carbons (Fsp3) is 0.438. The van der Waals surface area contributed by atoms with Crippen LogP contribution in [-0.2, 0) is 21.4 Å². The predicted octanol–water partition coefficient (Wildman–Crippen LogP) is 0.864. The predicted molar refractivity (Wildman–Crippen MR) is 90.5 cm³/mol. The van der Waals surface area contributed by atoms with Gasteiger partial charge in [-0.25, -0.2) is 12.7 Å². The van der Waals surface area contributed by atoms with Crippen LogP contribution >= 0.6 is 0 Å². The third-order valence-electron chi connectivity index (χ3n) is 3.64. The van der Waals surface area contributed by atoms with Crippen molar-refractivity contribution in [2.45, 2.75) is 6.54 Å². The third kappa shape index (κ3) is 4.48. The first-order chi connectivity index (χ1) is 11.3. The summed E-state index contributed by atoms with van der Waals surface area (Å²) in [5.74, 6) is 0.829. The Balaban J connectivity index is 2.11. The fourth-order valence-corrected chi connectivity index (χ4v) is 3.03. The molecule has 0 aromatic heterocycles. The highest BCUT2D eigenvalue weighted by Gasteiger charge is 2.19. The van der Waals surface area contributed by atoms with Gasteiger partial charge in [0.05, 0.1) is 5.75 Å². The van der Waals surface area contributed by atoms with Crippen molar-refractivity contribution in [3.05, 3.63) is 36.4 Å². The fourth-order valence-electron chi connectivity index (χ4n) is 2.21. The van der Waals surface area contributed by atoms with E-state index >= 15 is 0 Å². The number of rotatable bonds is 7. The average molecular weight is 354 g/mol. The van der Waals surface area contributed by atoms with E-state index in [0.29, 0.717) is 24.7 Å². The highest BCUT2D eigenvalue weighted by Crippen LogP contribution is 2.31.